The van der Waals surface area contributed by atoms with Crippen LogP contribution in [-0.4, -0.2) is 67.3 Å². The van der Waals surface area contributed by atoms with E-state index in [1.165, 1.54) is 6.07 Å². The smallest absolute Gasteiger partial charge is 0.251 e. The average molecular weight is 444 g/mol. The molecule has 2 aromatic heterocycles. The molecule has 2 fully saturated rings. The Labute approximate surface area is 182 Å². The van der Waals surface area contributed by atoms with Crippen molar-refractivity contribution < 1.29 is 13.2 Å². The fourth-order valence-corrected chi connectivity index (χ4v) is 4.35. The lowest BCUT2D eigenvalue weighted by Gasteiger charge is -2.41. The summed E-state index contributed by atoms with van der Waals surface area (Å²) in [6.45, 7) is 4.77. The summed E-state index contributed by atoms with van der Waals surface area (Å²) >= 11 is 0. The van der Waals surface area contributed by atoms with Crippen LogP contribution in [0.15, 0.2) is 30.5 Å². The Kier molecular flexibility index (Phi) is 5.28. The van der Waals surface area contributed by atoms with E-state index in [0.29, 0.717) is 30.9 Å². The SMILES string of the molecule is C[C@H]1CN(c2cc(CC3CC3(F)F)cc(F)c2-c2nn[nH]n2)CCN1Cc1cccnn1. The van der Waals surface area contributed by atoms with Crippen LogP contribution in [0.4, 0.5) is 18.9 Å². The van der Waals surface area contributed by atoms with E-state index in [1.807, 2.05) is 12.1 Å². The molecule has 1 aliphatic carbocycles. The predicted molar refractivity (Wildman–Crippen MR) is 110 cm³/mol. The number of anilines is 1. The molecule has 0 spiro atoms. The van der Waals surface area contributed by atoms with Crippen LogP contribution in [0.1, 0.15) is 24.6 Å². The molecule has 1 saturated heterocycles. The predicted octanol–water partition coefficient (Wildman–Crippen LogP) is 2.70. The normalized spacial score (nSPS) is 22.8. The average Bonchev–Trinajstić information content (AvgIpc) is 3.14. The number of benzene rings is 1. The maximum Gasteiger partial charge on any atom is 0.251 e. The van der Waals surface area contributed by atoms with Crippen molar-refractivity contribution in [3.63, 3.8) is 0 Å². The summed E-state index contributed by atoms with van der Waals surface area (Å²) in [6, 6.07) is 7.07. The van der Waals surface area contributed by atoms with Crippen molar-refractivity contribution in [2.75, 3.05) is 24.5 Å². The molecule has 11 heteroatoms. The van der Waals surface area contributed by atoms with Gasteiger partial charge in [0.2, 0.25) is 5.82 Å². The quantitative estimate of drug-likeness (QED) is 0.626. The molecule has 168 valence electrons. The van der Waals surface area contributed by atoms with Crippen LogP contribution < -0.4 is 4.90 Å². The minimum absolute atomic E-state index is 0.144. The van der Waals surface area contributed by atoms with Gasteiger partial charge >= 0.3 is 0 Å². The lowest BCUT2D eigenvalue weighted by molar-refractivity contribution is 0.0989. The van der Waals surface area contributed by atoms with Crippen LogP contribution >= 0.6 is 0 Å². The molecule has 3 aromatic rings. The van der Waals surface area contributed by atoms with Gasteiger partial charge in [-0.25, -0.2) is 13.2 Å². The highest BCUT2D eigenvalue weighted by Gasteiger charge is 2.56. The Morgan fingerprint density at radius 3 is 2.72 bits per heavy atom. The molecule has 0 amide bonds. The highest BCUT2D eigenvalue weighted by atomic mass is 19.3. The van der Waals surface area contributed by atoms with Crippen LogP contribution in [0.5, 0.6) is 0 Å². The Bertz CT molecular complexity index is 1080. The summed E-state index contributed by atoms with van der Waals surface area (Å²) in [7, 11) is 0. The summed E-state index contributed by atoms with van der Waals surface area (Å²) in [5, 5.41) is 21.9. The van der Waals surface area contributed by atoms with E-state index in [9.17, 15) is 8.78 Å². The van der Waals surface area contributed by atoms with Gasteiger partial charge in [-0.15, -0.1) is 10.2 Å². The molecular formula is C21H23F3N8. The van der Waals surface area contributed by atoms with E-state index in [4.69, 9.17) is 0 Å². The number of tetrazole rings is 1. The standard InChI is InChI=1S/C21H23F3N8/c1-13-11-32(6-5-31(13)12-16-3-2-4-25-26-16)18-9-14(7-15-10-21(15,23)24)8-17(22)19(18)20-27-29-30-28-20/h2-4,8-9,13,15H,5-7,10-12H2,1H3,(H,27,28,29,30)/t13-,15?/m0/s1. The minimum Gasteiger partial charge on any atom is -0.368 e. The number of nitrogens with one attached hydrogen (secondary N) is 1. The summed E-state index contributed by atoms with van der Waals surface area (Å²) in [5.41, 5.74) is 2.29. The van der Waals surface area contributed by atoms with Crippen molar-refractivity contribution in [2.24, 2.45) is 5.92 Å². The van der Waals surface area contributed by atoms with E-state index in [1.54, 1.807) is 12.3 Å². The second-order valence-electron chi connectivity index (χ2n) is 8.55. The minimum atomic E-state index is -2.65. The maximum atomic E-state index is 15.2. The number of aromatic nitrogens is 6. The number of H-pyrrole nitrogens is 1. The molecule has 5 rings (SSSR count). The van der Waals surface area contributed by atoms with Crippen molar-refractivity contribution in [1.82, 2.24) is 35.7 Å². The number of aromatic amines is 1. The van der Waals surface area contributed by atoms with E-state index >= 15 is 4.39 Å². The lowest BCUT2D eigenvalue weighted by Crippen LogP contribution is -2.51. The van der Waals surface area contributed by atoms with Gasteiger partial charge in [0, 0.05) is 50.8 Å². The maximum absolute atomic E-state index is 15.2. The largest absolute Gasteiger partial charge is 0.368 e. The van der Waals surface area contributed by atoms with E-state index in [0.717, 1.165) is 12.2 Å². The topological polar surface area (TPSA) is 86.7 Å². The summed E-state index contributed by atoms with van der Waals surface area (Å²) in [4.78, 5) is 4.36. The first-order valence-electron chi connectivity index (χ1n) is 10.6. The van der Waals surface area contributed by atoms with Gasteiger partial charge in [-0.05, 0) is 48.4 Å². The second kappa shape index (κ2) is 8.12. The number of halogens is 3. The molecule has 8 nitrogen and oxygen atoms in total. The Hall–Kier alpha value is -3.08. The zero-order chi connectivity index (χ0) is 22.3. The molecule has 1 aliphatic heterocycles. The van der Waals surface area contributed by atoms with Gasteiger partial charge in [0.05, 0.1) is 16.9 Å². The lowest BCUT2D eigenvalue weighted by atomic mass is 10.0. The number of hydrogen-bond acceptors (Lipinski definition) is 7. The van der Waals surface area contributed by atoms with Gasteiger partial charge in [0.1, 0.15) is 5.82 Å². The van der Waals surface area contributed by atoms with Gasteiger partial charge < -0.3 is 4.90 Å². The third-order valence-corrected chi connectivity index (χ3v) is 6.23. The number of rotatable bonds is 6. The van der Waals surface area contributed by atoms with E-state index in [2.05, 4.69) is 47.5 Å². The second-order valence-corrected chi connectivity index (χ2v) is 8.55. The number of alkyl halides is 2. The van der Waals surface area contributed by atoms with Gasteiger partial charge in [0.15, 0.2) is 0 Å². The first kappa shape index (κ1) is 20.8. The van der Waals surface area contributed by atoms with Crippen LogP contribution in [0, 0.1) is 11.7 Å². The van der Waals surface area contributed by atoms with Crippen molar-refractivity contribution in [1.29, 1.82) is 0 Å². The van der Waals surface area contributed by atoms with Crippen LogP contribution in [-0.2, 0) is 13.0 Å². The third kappa shape index (κ3) is 4.16. The number of nitrogens with zero attached hydrogens (tertiary/aromatic N) is 7. The molecule has 32 heavy (non-hydrogen) atoms. The van der Waals surface area contributed by atoms with Crippen molar-refractivity contribution in [2.45, 2.75) is 38.3 Å². The molecule has 2 atom stereocenters. The highest BCUT2D eigenvalue weighted by Crippen LogP contribution is 2.50. The Morgan fingerprint density at radius 1 is 1.22 bits per heavy atom. The zero-order valence-corrected chi connectivity index (χ0v) is 17.5. The van der Waals surface area contributed by atoms with Gasteiger partial charge in [-0.1, -0.05) is 0 Å². The third-order valence-electron chi connectivity index (χ3n) is 6.23. The first-order chi connectivity index (χ1) is 15.4. The van der Waals surface area contributed by atoms with E-state index < -0.39 is 17.7 Å². The summed E-state index contributed by atoms with van der Waals surface area (Å²) in [5.74, 6) is -3.76. The molecule has 1 N–H and O–H groups in total. The number of piperazine rings is 1. The van der Waals surface area contributed by atoms with Crippen molar-refractivity contribution >= 4 is 5.69 Å². The molecule has 1 aromatic carbocycles. The molecule has 1 unspecified atom stereocenters. The monoisotopic (exact) mass is 444 g/mol. The molecule has 1 saturated carbocycles. The van der Waals surface area contributed by atoms with Gasteiger partial charge in [0.25, 0.3) is 5.92 Å². The molecule has 0 bridgehead atoms. The molecule has 0 radical (unpaired) electrons. The van der Waals surface area contributed by atoms with Gasteiger partial charge in [-0.2, -0.15) is 15.4 Å². The summed E-state index contributed by atoms with van der Waals surface area (Å²) < 4.78 is 42.1. The zero-order valence-electron chi connectivity index (χ0n) is 17.5. The fraction of sp³-hybridized carbons (Fsp3) is 0.476. The van der Waals surface area contributed by atoms with Gasteiger partial charge in [-0.3, -0.25) is 4.90 Å². The van der Waals surface area contributed by atoms with Crippen LogP contribution in [0.3, 0.4) is 0 Å². The molecule has 2 aliphatic rings. The van der Waals surface area contributed by atoms with E-state index in [-0.39, 0.29) is 30.3 Å². The number of hydrogen-bond donors (Lipinski definition) is 1. The highest BCUT2D eigenvalue weighted by molar-refractivity contribution is 5.76. The molecule has 3 heterocycles. The fourth-order valence-electron chi connectivity index (χ4n) is 4.35. The summed E-state index contributed by atoms with van der Waals surface area (Å²) in [6.07, 6.45) is 1.64. The van der Waals surface area contributed by atoms with Crippen molar-refractivity contribution in [3.05, 3.63) is 47.5 Å². The Morgan fingerprint density at radius 2 is 2.06 bits per heavy atom. The van der Waals surface area contributed by atoms with Crippen LogP contribution in [0.25, 0.3) is 11.4 Å². The Balaban J connectivity index is 1.40. The van der Waals surface area contributed by atoms with Crippen molar-refractivity contribution in [3.8, 4) is 11.4 Å². The molecular weight excluding hydrogens is 421 g/mol. The first-order valence-corrected chi connectivity index (χ1v) is 10.6. The van der Waals surface area contributed by atoms with Crippen LogP contribution in [0.2, 0.25) is 0 Å².